The molecule has 1 rings (SSSR count). The van der Waals surface area contributed by atoms with Gasteiger partial charge >= 0.3 is 0 Å². The Kier molecular flexibility index (Phi) is 2.70. The van der Waals surface area contributed by atoms with Crippen LogP contribution in [0.3, 0.4) is 0 Å². The molecule has 1 heterocycles. The molecule has 0 atom stereocenters. The van der Waals surface area contributed by atoms with Gasteiger partial charge in [-0.2, -0.15) is 0 Å². The number of nitrogens with zero attached hydrogens (tertiary/aromatic N) is 2. The Hall–Kier alpha value is -1.03. The zero-order valence-corrected chi connectivity index (χ0v) is 7.79. The molecule has 0 amide bonds. The Morgan fingerprint density at radius 3 is 2.58 bits per heavy atom. The van der Waals surface area contributed by atoms with Crippen LogP contribution in [-0.4, -0.2) is 25.3 Å². The summed E-state index contributed by atoms with van der Waals surface area (Å²) in [6, 6.07) is 0. The molecule has 68 valence electrons. The average molecular weight is 169 g/mol. The first kappa shape index (κ1) is 9.06. The highest BCUT2D eigenvalue weighted by atomic mass is 16.5. The molecule has 1 aromatic rings. The van der Waals surface area contributed by atoms with Crippen LogP contribution in [0.25, 0.3) is 0 Å². The van der Waals surface area contributed by atoms with E-state index in [4.69, 9.17) is 10.3 Å². The number of likely N-dealkylation sites (N-methyl/N-ethyl adjacent to an activating group) is 1. The molecule has 0 fully saturated rings. The molecule has 4 heteroatoms. The zero-order valence-electron chi connectivity index (χ0n) is 7.79. The van der Waals surface area contributed by atoms with Gasteiger partial charge in [0.05, 0.1) is 0 Å². The Bertz CT molecular complexity index is 237. The van der Waals surface area contributed by atoms with E-state index < -0.39 is 0 Å². The summed E-state index contributed by atoms with van der Waals surface area (Å²) in [6.45, 7) is 5.30. The Morgan fingerprint density at radius 2 is 2.17 bits per heavy atom. The molecule has 0 radical (unpaired) electrons. The van der Waals surface area contributed by atoms with E-state index in [1.54, 1.807) is 0 Å². The van der Waals surface area contributed by atoms with Crippen LogP contribution in [0.1, 0.15) is 11.5 Å². The third-order valence-corrected chi connectivity index (χ3v) is 1.84. The minimum Gasteiger partial charge on any atom is -0.369 e. The summed E-state index contributed by atoms with van der Waals surface area (Å²) in [7, 11) is 1.99. The normalized spacial score (nSPS) is 10.3. The van der Waals surface area contributed by atoms with Crippen molar-refractivity contribution in [3.63, 3.8) is 0 Å². The van der Waals surface area contributed by atoms with Crippen LogP contribution in [0.15, 0.2) is 4.52 Å². The van der Waals surface area contributed by atoms with Crippen molar-refractivity contribution >= 4 is 5.69 Å². The fourth-order valence-corrected chi connectivity index (χ4v) is 1.33. The van der Waals surface area contributed by atoms with Crippen LogP contribution in [0, 0.1) is 13.8 Å². The van der Waals surface area contributed by atoms with Crippen molar-refractivity contribution in [3.05, 3.63) is 11.5 Å². The molecular formula is C8H15N3O. The van der Waals surface area contributed by atoms with Gasteiger partial charge < -0.3 is 15.2 Å². The highest BCUT2D eigenvalue weighted by Gasteiger charge is 2.12. The van der Waals surface area contributed by atoms with E-state index in [0.717, 1.165) is 23.7 Å². The molecule has 4 nitrogen and oxygen atoms in total. The molecule has 0 aliphatic rings. The molecule has 0 spiro atoms. The molecule has 12 heavy (non-hydrogen) atoms. The van der Waals surface area contributed by atoms with Crippen LogP contribution in [-0.2, 0) is 0 Å². The quantitative estimate of drug-likeness (QED) is 0.723. The minimum absolute atomic E-state index is 0.639. The first-order valence-electron chi connectivity index (χ1n) is 4.01. The maximum atomic E-state index is 5.44. The van der Waals surface area contributed by atoms with Crippen molar-refractivity contribution in [1.29, 1.82) is 0 Å². The predicted octanol–water partition coefficient (Wildman–Crippen LogP) is 0.686. The lowest BCUT2D eigenvalue weighted by atomic mass is 10.3. The van der Waals surface area contributed by atoms with Gasteiger partial charge in [0, 0.05) is 20.1 Å². The number of hydrogen-bond donors (Lipinski definition) is 1. The molecule has 0 unspecified atom stereocenters. The van der Waals surface area contributed by atoms with E-state index in [1.165, 1.54) is 0 Å². The van der Waals surface area contributed by atoms with Crippen LogP contribution >= 0.6 is 0 Å². The lowest BCUT2D eigenvalue weighted by Crippen LogP contribution is -2.25. The van der Waals surface area contributed by atoms with Gasteiger partial charge in [0.25, 0.3) is 0 Å². The van der Waals surface area contributed by atoms with Crippen molar-refractivity contribution in [2.45, 2.75) is 13.8 Å². The van der Waals surface area contributed by atoms with Crippen molar-refractivity contribution in [2.24, 2.45) is 5.73 Å². The van der Waals surface area contributed by atoms with E-state index in [0.29, 0.717) is 6.54 Å². The van der Waals surface area contributed by atoms with Crippen molar-refractivity contribution in [3.8, 4) is 0 Å². The van der Waals surface area contributed by atoms with Crippen LogP contribution in [0.2, 0.25) is 0 Å². The zero-order chi connectivity index (χ0) is 9.14. The molecule has 0 saturated heterocycles. The topological polar surface area (TPSA) is 55.3 Å². The van der Waals surface area contributed by atoms with Gasteiger partial charge in [0.2, 0.25) is 0 Å². The van der Waals surface area contributed by atoms with Crippen LogP contribution in [0.5, 0.6) is 0 Å². The van der Waals surface area contributed by atoms with Crippen molar-refractivity contribution in [1.82, 2.24) is 5.16 Å². The van der Waals surface area contributed by atoms with Gasteiger partial charge in [-0.1, -0.05) is 5.16 Å². The Labute approximate surface area is 72.3 Å². The van der Waals surface area contributed by atoms with E-state index in [9.17, 15) is 0 Å². The Balaban J connectivity index is 2.85. The molecule has 0 saturated carbocycles. The summed E-state index contributed by atoms with van der Waals surface area (Å²) >= 11 is 0. The van der Waals surface area contributed by atoms with Gasteiger partial charge in [-0.15, -0.1) is 0 Å². The molecule has 0 aromatic carbocycles. The van der Waals surface area contributed by atoms with Gasteiger partial charge in [0.1, 0.15) is 11.4 Å². The fourth-order valence-electron chi connectivity index (χ4n) is 1.33. The van der Waals surface area contributed by atoms with E-state index >= 15 is 0 Å². The van der Waals surface area contributed by atoms with Crippen LogP contribution in [0.4, 0.5) is 5.69 Å². The summed E-state index contributed by atoms with van der Waals surface area (Å²) in [5, 5.41) is 3.86. The number of nitrogens with two attached hydrogens (primary N) is 1. The van der Waals surface area contributed by atoms with Crippen LogP contribution < -0.4 is 10.6 Å². The van der Waals surface area contributed by atoms with Gasteiger partial charge in [-0.3, -0.25) is 0 Å². The number of anilines is 1. The lowest BCUT2D eigenvalue weighted by molar-refractivity contribution is 0.393. The second-order valence-corrected chi connectivity index (χ2v) is 2.88. The van der Waals surface area contributed by atoms with Gasteiger partial charge in [-0.05, 0) is 13.8 Å². The van der Waals surface area contributed by atoms with Gasteiger partial charge in [0.15, 0.2) is 5.76 Å². The highest BCUT2D eigenvalue weighted by Crippen LogP contribution is 2.21. The largest absolute Gasteiger partial charge is 0.369 e. The average Bonchev–Trinajstić information content (AvgIpc) is 2.32. The maximum absolute atomic E-state index is 5.44. The van der Waals surface area contributed by atoms with Crippen molar-refractivity contribution < 1.29 is 4.52 Å². The molecular weight excluding hydrogens is 154 g/mol. The number of hydrogen-bond acceptors (Lipinski definition) is 4. The Morgan fingerprint density at radius 1 is 1.50 bits per heavy atom. The van der Waals surface area contributed by atoms with E-state index in [-0.39, 0.29) is 0 Å². The summed E-state index contributed by atoms with van der Waals surface area (Å²) in [6.07, 6.45) is 0. The summed E-state index contributed by atoms with van der Waals surface area (Å²) < 4.78 is 5.03. The first-order chi connectivity index (χ1) is 5.66. The molecule has 0 aliphatic carbocycles. The number of aryl methyl sites for hydroxylation is 2. The SMILES string of the molecule is Cc1noc(C)c1N(C)CCN. The fraction of sp³-hybridized carbons (Fsp3) is 0.625. The van der Waals surface area contributed by atoms with E-state index in [1.807, 2.05) is 20.9 Å². The van der Waals surface area contributed by atoms with E-state index in [2.05, 4.69) is 10.1 Å². The second-order valence-electron chi connectivity index (χ2n) is 2.88. The maximum Gasteiger partial charge on any atom is 0.157 e. The first-order valence-corrected chi connectivity index (χ1v) is 4.01. The highest BCUT2D eigenvalue weighted by molar-refractivity contribution is 5.52. The summed E-state index contributed by atoms with van der Waals surface area (Å²) in [5.74, 6) is 0.850. The third-order valence-electron chi connectivity index (χ3n) is 1.84. The second kappa shape index (κ2) is 3.58. The standard InChI is InChI=1S/C8H15N3O/c1-6-8(7(2)12-10-6)11(3)5-4-9/h4-5,9H2,1-3H3. The summed E-state index contributed by atoms with van der Waals surface area (Å²) in [5.41, 5.74) is 7.42. The van der Waals surface area contributed by atoms with Gasteiger partial charge in [-0.25, -0.2) is 0 Å². The monoisotopic (exact) mass is 169 g/mol. The lowest BCUT2D eigenvalue weighted by Gasteiger charge is -2.16. The molecule has 0 bridgehead atoms. The third kappa shape index (κ3) is 1.58. The summed E-state index contributed by atoms with van der Waals surface area (Å²) in [4.78, 5) is 2.06. The van der Waals surface area contributed by atoms with Crippen molar-refractivity contribution in [2.75, 3.05) is 25.0 Å². The number of aromatic nitrogens is 1. The number of rotatable bonds is 3. The minimum atomic E-state index is 0.639. The smallest absolute Gasteiger partial charge is 0.157 e. The predicted molar refractivity (Wildman–Crippen MR) is 48.3 cm³/mol. The molecule has 0 aliphatic heterocycles. The molecule has 1 aromatic heterocycles. The molecule has 2 N–H and O–H groups in total.